The molecule has 0 saturated carbocycles. The third-order valence-electron chi connectivity index (χ3n) is 2.27. The summed E-state index contributed by atoms with van der Waals surface area (Å²) in [6.07, 6.45) is 2.50. The third kappa shape index (κ3) is 6.67. The first kappa shape index (κ1) is 13.6. The van der Waals surface area contributed by atoms with Crippen LogP contribution in [-0.4, -0.2) is 5.78 Å². The minimum atomic E-state index is 0.0185. The van der Waals surface area contributed by atoms with Crippen LogP contribution in [0.4, 0.5) is 0 Å². The van der Waals surface area contributed by atoms with Crippen LogP contribution in [0, 0.1) is 0 Å². The Morgan fingerprint density at radius 2 is 1.87 bits per heavy atom. The molecule has 15 heavy (non-hydrogen) atoms. The number of carbonyl (C=O) groups excluding carboxylic acids is 1. The van der Waals surface area contributed by atoms with Crippen LogP contribution in [0.3, 0.4) is 0 Å². The maximum atomic E-state index is 9.69. The second-order valence-electron chi connectivity index (χ2n) is 3.53. The van der Waals surface area contributed by atoms with Gasteiger partial charge in [-0.1, -0.05) is 50.8 Å². The molecular weight excluding hydrogens is 184 g/mol. The predicted octanol–water partition coefficient (Wildman–Crippen LogP) is 3.96. The van der Waals surface area contributed by atoms with Gasteiger partial charge in [-0.15, -0.1) is 0 Å². The van der Waals surface area contributed by atoms with E-state index in [0.29, 0.717) is 5.92 Å². The number of hydrogen-bond donors (Lipinski definition) is 0. The van der Waals surface area contributed by atoms with Crippen LogP contribution >= 0.6 is 0 Å². The van der Waals surface area contributed by atoms with E-state index in [1.165, 1.54) is 25.0 Å². The highest BCUT2D eigenvalue weighted by molar-refractivity contribution is 5.86. The number of allylic oxidation sites excluding steroid dienone is 1. The number of hydrogen-bond acceptors (Lipinski definition) is 1. The molecule has 1 aromatic carbocycles. The Labute approximate surface area is 92.8 Å². The first-order chi connectivity index (χ1) is 7.11. The van der Waals surface area contributed by atoms with Crippen LogP contribution in [0.2, 0.25) is 0 Å². The van der Waals surface area contributed by atoms with Crippen molar-refractivity contribution in [3.63, 3.8) is 0 Å². The lowest BCUT2D eigenvalue weighted by molar-refractivity contribution is -0.112. The summed E-state index contributed by atoms with van der Waals surface area (Å²) in [5.74, 6) is 0.728. The van der Waals surface area contributed by atoms with Gasteiger partial charge >= 0.3 is 0 Å². The summed E-state index contributed by atoms with van der Waals surface area (Å²) in [5.41, 5.74) is 1.45. The SMILES string of the molecule is C=CC(C)=O.CCC(C)c1ccccc1. The second kappa shape index (κ2) is 7.98. The fourth-order valence-corrected chi connectivity index (χ4v) is 1.02. The lowest BCUT2D eigenvalue weighted by atomic mass is 9.99. The van der Waals surface area contributed by atoms with Crippen molar-refractivity contribution in [1.29, 1.82) is 0 Å². The minimum Gasteiger partial charge on any atom is -0.295 e. The van der Waals surface area contributed by atoms with Crippen LogP contribution < -0.4 is 0 Å². The smallest absolute Gasteiger partial charge is 0.152 e. The van der Waals surface area contributed by atoms with E-state index in [4.69, 9.17) is 0 Å². The number of rotatable bonds is 3. The molecule has 1 unspecified atom stereocenters. The minimum absolute atomic E-state index is 0.0185. The molecule has 0 saturated heterocycles. The summed E-state index contributed by atoms with van der Waals surface area (Å²) >= 11 is 0. The summed E-state index contributed by atoms with van der Waals surface area (Å²) in [7, 11) is 0. The molecule has 0 aliphatic carbocycles. The molecule has 1 nitrogen and oxygen atoms in total. The summed E-state index contributed by atoms with van der Waals surface area (Å²) < 4.78 is 0. The molecule has 0 aromatic heterocycles. The number of ketones is 1. The molecular formula is C14H20O. The third-order valence-corrected chi connectivity index (χ3v) is 2.27. The zero-order valence-corrected chi connectivity index (χ0v) is 9.86. The quantitative estimate of drug-likeness (QED) is 0.681. The molecule has 0 bridgehead atoms. The fraction of sp³-hybridized carbons (Fsp3) is 0.357. The maximum absolute atomic E-state index is 9.69. The van der Waals surface area contributed by atoms with Crippen LogP contribution in [0.25, 0.3) is 0 Å². The Bertz CT molecular complexity index is 287. The summed E-state index contributed by atoms with van der Waals surface area (Å²) in [6, 6.07) is 10.6. The molecule has 1 heteroatoms. The Balaban J connectivity index is 0.000000336. The number of benzene rings is 1. The molecule has 0 aliphatic rings. The highest BCUT2D eigenvalue weighted by Gasteiger charge is 1.98. The molecule has 0 radical (unpaired) electrons. The topological polar surface area (TPSA) is 17.1 Å². The van der Waals surface area contributed by atoms with Crippen molar-refractivity contribution in [2.75, 3.05) is 0 Å². The van der Waals surface area contributed by atoms with Gasteiger partial charge in [-0.05, 0) is 30.9 Å². The molecule has 0 fully saturated rings. The van der Waals surface area contributed by atoms with Crippen molar-refractivity contribution < 1.29 is 4.79 Å². The van der Waals surface area contributed by atoms with Crippen LogP contribution in [-0.2, 0) is 4.79 Å². The fourth-order valence-electron chi connectivity index (χ4n) is 1.02. The van der Waals surface area contributed by atoms with Gasteiger partial charge in [0.1, 0.15) is 0 Å². The maximum Gasteiger partial charge on any atom is 0.152 e. The van der Waals surface area contributed by atoms with Gasteiger partial charge in [0, 0.05) is 0 Å². The largest absolute Gasteiger partial charge is 0.295 e. The lowest BCUT2D eigenvalue weighted by Crippen LogP contribution is -1.88. The molecule has 0 aliphatic heterocycles. The standard InChI is InChI=1S/C10H14.C4H6O/c1-3-9(2)10-7-5-4-6-8-10;1-3-4(2)5/h4-9H,3H2,1-2H3;3H,1H2,2H3. The molecule has 0 spiro atoms. The zero-order valence-electron chi connectivity index (χ0n) is 9.86. The normalized spacial score (nSPS) is 10.9. The van der Waals surface area contributed by atoms with Crippen molar-refractivity contribution in [1.82, 2.24) is 0 Å². The molecule has 0 heterocycles. The first-order valence-corrected chi connectivity index (χ1v) is 5.29. The molecule has 1 rings (SSSR count). The van der Waals surface area contributed by atoms with E-state index in [2.05, 4.69) is 50.8 Å². The molecule has 0 N–H and O–H groups in total. The average Bonchev–Trinajstić information content (AvgIpc) is 2.30. The van der Waals surface area contributed by atoms with Gasteiger partial charge in [-0.25, -0.2) is 0 Å². The van der Waals surface area contributed by atoms with Gasteiger partial charge in [0.25, 0.3) is 0 Å². The van der Waals surface area contributed by atoms with Gasteiger partial charge in [-0.3, -0.25) is 4.79 Å². The lowest BCUT2D eigenvalue weighted by Gasteiger charge is -2.06. The summed E-state index contributed by atoms with van der Waals surface area (Å²) in [6.45, 7) is 9.16. The van der Waals surface area contributed by atoms with E-state index < -0.39 is 0 Å². The van der Waals surface area contributed by atoms with E-state index in [0.717, 1.165) is 0 Å². The zero-order chi connectivity index (χ0) is 11.7. The first-order valence-electron chi connectivity index (χ1n) is 5.29. The van der Waals surface area contributed by atoms with E-state index in [1.54, 1.807) is 0 Å². The summed E-state index contributed by atoms with van der Waals surface area (Å²) in [5, 5.41) is 0. The van der Waals surface area contributed by atoms with Gasteiger partial charge in [0.05, 0.1) is 0 Å². The summed E-state index contributed by atoms with van der Waals surface area (Å²) in [4.78, 5) is 9.69. The van der Waals surface area contributed by atoms with Gasteiger partial charge < -0.3 is 0 Å². The van der Waals surface area contributed by atoms with Crippen LogP contribution in [0.1, 0.15) is 38.7 Å². The Hall–Kier alpha value is -1.37. The molecule has 0 amide bonds. The molecule has 1 atom stereocenters. The second-order valence-corrected chi connectivity index (χ2v) is 3.53. The average molecular weight is 204 g/mol. The van der Waals surface area contributed by atoms with Gasteiger partial charge in [0.2, 0.25) is 0 Å². The van der Waals surface area contributed by atoms with Crippen molar-refractivity contribution in [2.45, 2.75) is 33.1 Å². The van der Waals surface area contributed by atoms with Crippen molar-refractivity contribution in [3.05, 3.63) is 48.6 Å². The predicted molar refractivity (Wildman–Crippen MR) is 66.0 cm³/mol. The van der Waals surface area contributed by atoms with Crippen molar-refractivity contribution in [2.24, 2.45) is 0 Å². The van der Waals surface area contributed by atoms with Gasteiger partial charge in [-0.2, -0.15) is 0 Å². The van der Waals surface area contributed by atoms with Crippen molar-refractivity contribution >= 4 is 5.78 Å². The monoisotopic (exact) mass is 204 g/mol. The Morgan fingerprint density at radius 3 is 2.20 bits per heavy atom. The van der Waals surface area contributed by atoms with E-state index in [1.807, 2.05) is 0 Å². The Morgan fingerprint density at radius 1 is 1.40 bits per heavy atom. The number of carbonyl (C=O) groups is 1. The molecule has 82 valence electrons. The van der Waals surface area contributed by atoms with E-state index in [-0.39, 0.29) is 5.78 Å². The van der Waals surface area contributed by atoms with Crippen molar-refractivity contribution in [3.8, 4) is 0 Å². The highest BCUT2D eigenvalue weighted by atomic mass is 16.1. The van der Waals surface area contributed by atoms with E-state index in [9.17, 15) is 4.79 Å². The Kier molecular flexibility index (Phi) is 7.25. The van der Waals surface area contributed by atoms with E-state index >= 15 is 0 Å². The van der Waals surface area contributed by atoms with Crippen LogP contribution in [0.5, 0.6) is 0 Å². The molecule has 1 aromatic rings. The van der Waals surface area contributed by atoms with Crippen LogP contribution in [0.15, 0.2) is 43.0 Å². The highest BCUT2D eigenvalue weighted by Crippen LogP contribution is 2.16. The van der Waals surface area contributed by atoms with Gasteiger partial charge in [0.15, 0.2) is 5.78 Å².